The molecule has 0 unspecified atom stereocenters. The molecule has 0 atom stereocenters. The third-order valence-corrected chi connectivity index (χ3v) is 2.28. The molecule has 0 bridgehead atoms. The molecule has 98 valence electrons. The van der Waals surface area contributed by atoms with Crippen LogP contribution >= 0.6 is 0 Å². The average molecular weight is 259 g/mol. The second-order valence-electron chi connectivity index (χ2n) is 3.68. The van der Waals surface area contributed by atoms with E-state index in [-0.39, 0.29) is 0 Å². The molecule has 7 heteroatoms. The minimum atomic E-state index is -0.524. The van der Waals surface area contributed by atoms with Gasteiger partial charge in [-0.05, 0) is 18.2 Å². The summed E-state index contributed by atoms with van der Waals surface area (Å²) in [6.45, 7) is 0.414. The maximum Gasteiger partial charge on any atom is 0.341 e. The largest absolute Gasteiger partial charge is 0.341 e. The lowest BCUT2D eigenvalue weighted by atomic mass is 10.3. The molecule has 0 radical (unpaired) electrons. The SMILES string of the molecule is O=C(NNC(=O)N1C=NC=CC1)Nc1ccccc1. The van der Waals surface area contributed by atoms with Crippen molar-refractivity contribution < 1.29 is 9.59 Å². The van der Waals surface area contributed by atoms with Crippen molar-refractivity contribution in [2.75, 3.05) is 11.9 Å². The Labute approximate surface area is 110 Å². The van der Waals surface area contributed by atoms with Crippen molar-refractivity contribution in [1.29, 1.82) is 0 Å². The lowest BCUT2D eigenvalue weighted by molar-refractivity contribution is 0.216. The molecule has 1 aliphatic rings. The molecule has 0 saturated heterocycles. The maximum atomic E-state index is 11.6. The third kappa shape index (κ3) is 3.84. The van der Waals surface area contributed by atoms with Crippen LogP contribution in [0.3, 0.4) is 0 Å². The molecule has 0 spiro atoms. The summed E-state index contributed by atoms with van der Waals surface area (Å²) in [4.78, 5) is 28.2. The molecule has 7 nitrogen and oxygen atoms in total. The predicted octanol–water partition coefficient (Wildman–Crippen LogP) is 1.29. The Morgan fingerprint density at radius 2 is 1.95 bits per heavy atom. The standard InChI is InChI=1S/C12H13N5O2/c18-11(14-10-5-2-1-3-6-10)15-16-12(19)17-8-4-7-13-9-17/h1-7,9H,8H2,(H,16,19)(H2,14,15,18). The fourth-order valence-electron chi connectivity index (χ4n) is 1.39. The van der Waals surface area contributed by atoms with Crippen LogP contribution in [0.15, 0.2) is 47.6 Å². The number of amides is 4. The average Bonchev–Trinajstić information content (AvgIpc) is 2.47. The second kappa shape index (κ2) is 6.20. The van der Waals surface area contributed by atoms with Gasteiger partial charge in [-0.3, -0.25) is 4.90 Å². The molecule has 4 amide bonds. The van der Waals surface area contributed by atoms with Crippen LogP contribution in [-0.2, 0) is 0 Å². The Hall–Kier alpha value is -2.83. The molecule has 0 saturated carbocycles. The summed E-state index contributed by atoms with van der Waals surface area (Å²) >= 11 is 0. The Kier molecular flexibility index (Phi) is 4.12. The van der Waals surface area contributed by atoms with Crippen molar-refractivity contribution in [2.45, 2.75) is 0 Å². The van der Waals surface area contributed by atoms with Crippen molar-refractivity contribution in [3.05, 3.63) is 42.6 Å². The number of urea groups is 2. The van der Waals surface area contributed by atoms with Crippen LogP contribution < -0.4 is 16.2 Å². The van der Waals surface area contributed by atoms with Crippen molar-refractivity contribution in [2.24, 2.45) is 4.99 Å². The number of para-hydroxylation sites is 1. The molecule has 2 rings (SSSR count). The van der Waals surface area contributed by atoms with E-state index in [4.69, 9.17) is 0 Å². The van der Waals surface area contributed by atoms with Crippen LogP contribution in [0.5, 0.6) is 0 Å². The second-order valence-corrected chi connectivity index (χ2v) is 3.68. The highest BCUT2D eigenvalue weighted by Gasteiger charge is 2.11. The van der Waals surface area contributed by atoms with Crippen LogP contribution in [0.1, 0.15) is 0 Å². The number of anilines is 1. The van der Waals surface area contributed by atoms with Gasteiger partial charge in [-0.2, -0.15) is 0 Å². The van der Waals surface area contributed by atoms with Gasteiger partial charge >= 0.3 is 12.1 Å². The third-order valence-electron chi connectivity index (χ3n) is 2.28. The molecule has 3 N–H and O–H groups in total. The summed E-state index contributed by atoms with van der Waals surface area (Å²) in [5.74, 6) is 0. The first-order valence-electron chi connectivity index (χ1n) is 5.62. The van der Waals surface area contributed by atoms with Crippen LogP contribution in [-0.4, -0.2) is 29.8 Å². The van der Waals surface area contributed by atoms with Gasteiger partial charge < -0.3 is 5.32 Å². The number of hydrogen-bond acceptors (Lipinski definition) is 3. The number of benzene rings is 1. The number of hydrogen-bond donors (Lipinski definition) is 3. The van der Waals surface area contributed by atoms with E-state index in [1.807, 2.05) is 6.07 Å². The summed E-state index contributed by atoms with van der Waals surface area (Å²) in [7, 11) is 0. The lowest BCUT2D eigenvalue weighted by Crippen LogP contribution is -2.50. The van der Waals surface area contributed by atoms with Gasteiger partial charge in [0.25, 0.3) is 0 Å². The van der Waals surface area contributed by atoms with Crippen LogP contribution in [0.25, 0.3) is 0 Å². The first kappa shape index (κ1) is 12.6. The topological polar surface area (TPSA) is 85.8 Å². The molecule has 1 aliphatic heterocycles. The monoisotopic (exact) mass is 259 g/mol. The fraction of sp³-hybridized carbons (Fsp3) is 0.0833. The first-order chi connectivity index (χ1) is 9.25. The van der Waals surface area contributed by atoms with Gasteiger partial charge in [-0.25, -0.2) is 25.4 Å². The molecule has 1 heterocycles. The van der Waals surface area contributed by atoms with Crippen LogP contribution in [0.2, 0.25) is 0 Å². The Balaban J connectivity index is 1.76. The van der Waals surface area contributed by atoms with E-state index in [1.165, 1.54) is 11.2 Å². The van der Waals surface area contributed by atoms with Crippen molar-refractivity contribution >= 4 is 24.1 Å². The highest BCUT2D eigenvalue weighted by molar-refractivity contribution is 5.92. The summed E-state index contributed by atoms with van der Waals surface area (Å²) < 4.78 is 0. The van der Waals surface area contributed by atoms with Gasteiger partial charge in [0.1, 0.15) is 0 Å². The zero-order valence-electron chi connectivity index (χ0n) is 10.0. The summed E-state index contributed by atoms with van der Waals surface area (Å²) in [6, 6.07) is 7.93. The van der Waals surface area contributed by atoms with E-state index >= 15 is 0 Å². The molecule has 0 aromatic heterocycles. The normalized spacial score (nSPS) is 12.9. The molecule has 1 aromatic carbocycles. The maximum absolute atomic E-state index is 11.6. The minimum absolute atomic E-state index is 0.414. The summed E-state index contributed by atoms with van der Waals surface area (Å²) in [5, 5.41) is 2.57. The minimum Gasteiger partial charge on any atom is -0.307 e. The van der Waals surface area contributed by atoms with E-state index in [9.17, 15) is 9.59 Å². The van der Waals surface area contributed by atoms with Gasteiger partial charge in [0, 0.05) is 18.4 Å². The number of rotatable bonds is 1. The van der Waals surface area contributed by atoms with Gasteiger partial charge in [0.05, 0.1) is 6.34 Å². The number of carbonyl (C=O) groups is 2. The number of carbonyl (C=O) groups excluding carboxylic acids is 2. The van der Waals surface area contributed by atoms with Gasteiger partial charge in [0.15, 0.2) is 0 Å². The molecular formula is C12H13N5O2. The summed E-state index contributed by atoms with van der Waals surface area (Å²) in [6.07, 6.45) is 4.70. The number of aliphatic imine (C=N–C) groups is 1. The molecule has 0 fully saturated rings. The van der Waals surface area contributed by atoms with Gasteiger partial charge in [-0.15, -0.1) is 0 Å². The number of nitrogens with one attached hydrogen (secondary N) is 3. The molecule has 0 aliphatic carbocycles. The van der Waals surface area contributed by atoms with E-state index in [0.29, 0.717) is 12.2 Å². The van der Waals surface area contributed by atoms with E-state index < -0.39 is 12.1 Å². The summed E-state index contributed by atoms with van der Waals surface area (Å²) in [5.41, 5.74) is 5.16. The van der Waals surface area contributed by atoms with Crippen molar-refractivity contribution in [1.82, 2.24) is 15.8 Å². The number of hydrazine groups is 1. The van der Waals surface area contributed by atoms with Gasteiger partial charge in [0.2, 0.25) is 0 Å². The Morgan fingerprint density at radius 3 is 2.63 bits per heavy atom. The molecular weight excluding hydrogens is 246 g/mol. The first-order valence-corrected chi connectivity index (χ1v) is 5.62. The van der Waals surface area contributed by atoms with E-state index in [2.05, 4.69) is 21.2 Å². The quantitative estimate of drug-likeness (QED) is 0.664. The zero-order valence-corrected chi connectivity index (χ0v) is 10.0. The highest BCUT2D eigenvalue weighted by Crippen LogP contribution is 2.03. The van der Waals surface area contributed by atoms with Crippen molar-refractivity contribution in [3.63, 3.8) is 0 Å². The van der Waals surface area contributed by atoms with Crippen LogP contribution in [0.4, 0.5) is 15.3 Å². The highest BCUT2D eigenvalue weighted by atomic mass is 16.2. The molecule has 19 heavy (non-hydrogen) atoms. The Morgan fingerprint density at radius 1 is 1.16 bits per heavy atom. The fourth-order valence-corrected chi connectivity index (χ4v) is 1.39. The smallest absolute Gasteiger partial charge is 0.307 e. The van der Waals surface area contributed by atoms with E-state index in [1.54, 1.807) is 36.5 Å². The lowest BCUT2D eigenvalue weighted by Gasteiger charge is -2.18. The number of nitrogens with zero attached hydrogens (tertiary/aromatic N) is 2. The Bertz CT molecular complexity index is 512. The van der Waals surface area contributed by atoms with Gasteiger partial charge in [-0.1, -0.05) is 18.2 Å². The molecule has 1 aromatic rings. The van der Waals surface area contributed by atoms with Crippen molar-refractivity contribution in [3.8, 4) is 0 Å². The van der Waals surface area contributed by atoms with E-state index in [0.717, 1.165) is 0 Å². The predicted molar refractivity (Wildman–Crippen MR) is 71.5 cm³/mol. The van der Waals surface area contributed by atoms with Crippen LogP contribution in [0, 0.1) is 0 Å². The zero-order chi connectivity index (χ0) is 13.5.